The van der Waals surface area contributed by atoms with Crippen molar-refractivity contribution in [3.05, 3.63) is 47.9 Å². The fourth-order valence-electron chi connectivity index (χ4n) is 4.00. The minimum atomic E-state index is -0.349. The van der Waals surface area contributed by atoms with Crippen LogP contribution in [-0.2, 0) is 11.3 Å². The SMILES string of the molecule is CCOC(=O)N1CCN(C(=O)c2coc(CN3CCN(c4ccccc4F)CC3)n2)CC1. The Hall–Kier alpha value is -3.14. The summed E-state index contributed by atoms with van der Waals surface area (Å²) in [4.78, 5) is 36.4. The van der Waals surface area contributed by atoms with Gasteiger partial charge in [-0.05, 0) is 19.1 Å². The molecule has 0 radical (unpaired) electrons. The number of para-hydroxylation sites is 1. The Morgan fingerprint density at radius 3 is 2.41 bits per heavy atom. The Kier molecular flexibility index (Phi) is 6.89. The number of oxazole rings is 1. The first-order valence-electron chi connectivity index (χ1n) is 10.9. The first-order valence-corrected chi connectivity index (χ1v) is 10.9. The zero-order valence-corrected chi connectivity index (χ0v) is 18.2. The molecule has 2 aromatic rings. The molecule has 2 saturated heterocycles. The highest BCUT2D eigenvalue weighted by Crippen LogP contribution is 2.21. The number of carbonyl (C=O) groups is 2. The fraction of sp³-hybridized carbons (Fsp3) is 0.500. The molecule has 172 valence electrons. The van der Waals surface area contributed by atoms with E-state index < -0.39 is 0 Å². The van der Waals surface area contributed by atoms with Crippen molar-refractivity contribution in [3.63, 3.8) is 0 Å². The van der Waals surface area contributed by atoms with Crippen LogP contribution in [0.4, 0.5) is 14.9 Å². The van der Waals surface area contributed by atoms with Crippen LogP contribution >= 0.6 is 0 Å². The molecule has 32 heavy (non-hydrogen) atoms. The third-order valence-corrected chi connectivity index (χ3v) is 5.79. The van der Waals surface area contributed by atoms with Crippen molar-refractivity contribution >= 4 is 17.7 Å². The molecule has 0 bridgehead atoms. The second kappa shape index (κ2) is 9.99. The van der Waals surface area contributed by atoms with Gasteiger partial charge in [0, 0.05) is 52.4 Å². The number of ether oxygens (including phenoxy) is 1. The van der Waals surface area contributed by atoms with Gasteiger partial charge in [0.05, 0.1) is 18.8 Å². The van der Waals surface area contributed by atoms with Gasteiger partial charge in [-0.15, -0.1) is 0 Å². The van der Waals surface area contributed by atoms with E-state index in [9.17, 15) is 14.0 Å². The Morgan fingerprint density at radius 1 is 1.03 bits per heavy atom. The zero-order chi connectivity index (χ0) is 22.5. The molecule has 0 saturated carbocycles. The molecule has 2 fully saturated rings. The average molecular weight is 445 g/mol. The van der Waals surface area contributed by atoms with Gasteiger partial charge < -0.3 is 23.9 Å². The minimum absolute atomic E-state index is 0.201. The highest BCUT2D eigenvalue weighted by atomic mass is 19.1. The van der Waals surface area contributed by atoms with E-state index in [0.717, 1.165) is 13.1 Å². The van der Waals surface area contributed by atoms with E-state index >= 15 is 0 Å². The smallest absolute Gasteiger partial charge is 0.409 e. The summed E-state index contributed by atoms with van der Waals surface area (Å²) in [6.07, 6.45) is 1.05. The molecule has 2 amide bonds. The van der Waals surface area contributed by atoms with Gasteiger partial charge in [-0.3, -0.25) is 9.69 Å². The second-order valence-corrected chi connectivity index (χ2v) is 7.82. The van der Waals surface area contributed by atoms with Gasteiger partial charge in [-0.1, -0.05) is 12.1 Å². The quantitative estimate of drug-likeness (QED) is 0.697. The van der Waals surface area contributed by atoms with E-state index in [1.165, 1.54) is 12.3 Å². The third kappa shape index (κ3) is 5.01. The van der Waals surface area contributed by atoms with Crippen LogP contribution in [0.3, 0.4) is 0 Å². The first kappa shape index (κ1) is 22.1. The lowest BCUT2D eigenvalue weighted by Gasteiger charge is -2.35. The highest BCUT2D eigenvalue weighted by Gasteiger charge is 2.27. The van der Waals surface area contributed by atoms with E-state index in [-0.39, 0.29) is 23.5 Å². The van der Waals surface area contributed by atoms with Crippen LogP contribution in [0.25, 0.3) is 0 Å². The topological polar surface area (TPSA) is 82.4 Å². The summed E-state index contributed by atoms with van der Waals surface area (Å²) < 4.78 is 24.6. The number of amides is 2. The van der Waals surface area contributed by atoms with Gasteiger partial charge in [0.1, 0.15) is 12.1 Å². The summed E-state index contributed by atoms with van der Waals surface area (Å²) in [6, 6.07) is 6.80. The van der Waals surface area contributed by atoms with Crippen molar-refractivity contribution in [2.75, 3.05) is 63.9 Å². The molecule has 1 aromatic heterocycles. The molecule has 2 aliphatic rings. The Balaban J connectivity index is 1.26. The van der Waals surface area contributed by atoms with Crippen molar-refractivity contribution < 1.29 is 23.1 Å². The maximum atomic E-state index is 14.0. The molecular formula is C22H28FN5O4. The molecule has 0 atom stereocenters. The van der Waals surface area contributed by atoms with Gasteiger partial charge in [-0.25, -0.2) is 14.2 Å². The van der Waals surface area contributed by atoms with Crippen LogP contribution in [-0.4, -0.2) is 90.6 Å². The van der Waals surface area contributed by atoms with Crippen molar-refractivity contribution in [1.29, 1.82) is 0 Å². The largest absolute Gasteiger partial charge is 0.450 e. The van der Waals surface area contributed by atoms with E-state index in [4.69, 9.17) is 9.15 Å². The summed E-state index contributed by atoms with van der Waals surface area (Å²) in [5.74, 6) is 0.0747. The number of hydrogen-bond acceptors (Lipinski definition) is 7. The first-order chi connectivity index (χ1) is 15.5. The number of anilines is 1. The number of benzene rings is 1. The summed E-state index contributed by atoms with van der Waals surface area (Å²) in [7, 11) is 0. The molecule has 9 nitrogen and oxygen atoms in total. The van der Waals surface area contributed by atoms with Crippen LogP contribution in [0.1, 0.15) is 23.3 Å². The van der Waals surface area contributed by atoms with Crippen molar-refractivity contribution in [2.24, 2.45) is 0 Å². The summed E-state index contributed by atoms with van der Waals surface area (Å²) >= 11 is 0. The van der Waals surface area contributed by atoms with E-state index in [1.807, 2.05) is 11.0 Å². The molecule has 2 aliphatic heterocycles. The fourth-order valence-corrected chi connectivity index (χ4v) is 4.00. The van der Waals surface area contributed by atoms with Gasteiger partial charge in [0.25, 0.3) is 5.91 Å². The summed E-state index contributed by atoms with van der Waals surface area (Å²) in [5, 5.41) is 0. The predicted octanol–water partition coefficient (Wildman–Crippen LogP) is 2.05. The molecule has 0 aliphatic carbocycles. The van der Waals surface area contributed by atoms with Gasteiger partial charge in [0.2, 0.25) is 5.89 Å². The standard InChI is InChI=1S/C22H28FN5O4/c1-2-31-22(30)28-13-11-27(12-14-28)21(29)18-16-32-20(24-18)15-25-7-9-26(10-8-25)19-6-4-3-5-17(19)23/h3-6,16H,2,7-15H2,1H3. The van der Waals surface area contributed by atoms with Crippen LogP contribution in [0, 0.1) is 5.82 Å². The van der Waals surface area contributed by atoms with Crippen molar-refractivity contribution in [3.8, 4) is 0 Å². The van der Waals surface area contributed by atoms with Crippen LogP contribution in [0.2, 0.25) is 0 Å². The molecule has 3 heterocycles. The van der Waals surface area contributed by atoms with Gasteiger partial charge >= 0.3 is 6.09 Å². The van der Waals surface area contributed by atoms with Crippen molar-refractivity contribution in [1.82, 2.24) is 19.7 Å². The normalized spacial score (nSPS) is 17.5. The molecule has 0 N–H and O–H groups in total. The number of carbonyl (C=O) groups excluding carboxylic acids is 2. The minimum Gasteiger partial charge on any atom is -0.450 e. The van der Waals surface area contributed by atoms with Crippen LogP contribution in [0.5, 0.6) is 0 Å². The third-order valence-electron chi connectivity index (χ3n) is 5.79. The Labute approximate surface area is 186 Å². The molecular weight excluding hydrogens is 417 g/mol. The van der Waals surface area contributed by atoms with Crippen LogP contribution < -0.4 is 4.90 Å². The Bertz CT molecular complexity index is 936. The molecule has 0 spiro atoms. The molecule has 1 aromatic carbocycles. The predicted molar refractivity (Wildman–Crippen MR) is 115 cm³/mol. The van der Waals surface area contributed by atoms with Crippen molar-refractivity contribution in [2.45, 2.75) is 13.5 Å². The van der Waals surface area contributed by atoms with E-state index in [1.54, 1.807) is 28.9 Å². The molecule has 4 rings (SSSR count). The summed E-state index contributed by atoms with van der Waals surface area (Å²) in [5.41, 5.74) is 0.897. The summed E-state index contributed by atoms with van der Waals surface area (Å²) in [6.45, 7) is 7.22. The average Bonchev–Trinajstić information content (AvgIpc) is 3.28. The number of aromatic nitrogens is 1. The lowest BCUT2D eigenvalue weighted by atomic mass is 10.2. The highest BCUT2D eigenvalue weighted by molar-refractivity contribution is 5.92. The van der Waals surface area contributed by atoms with E-state index in [0.29, 0.717) is 64.0 Å². The Morgan fingerprint density at radius 2 is 1.72 bits per heavy atom. The lowest BCUT2D eigenvalue weighted by molar-refractivity contribution is 0.0566. The number of nitrogens with zero attached hydrogens (tertiary/aromatic N) is 5. The lowest BCUT2D eigenvalue weighted by Crippen LogP contribution is -2.50. The van der Waals surface area contributed by atoms with E-state index in [2.05, 4.69) is 9.88 Å². The van der Waals surface area contributed by atoms with Gasteiger partial charge in [0.15, 0.2) is 5.69 Å². The monoisotopic (exact) mass is 445 g/mol. The molecule has 10 heteroatoms. The van der Waals surface area contributed by atoms with Gasteiger partial charge in [-0.2, -0.15) is 0 Å². The number of piperazine rings is 2. The zero-order valence-electron chi connectivity index (χ0n) is 18.2. The maximum absolute atomic E-state index is 14.0. The molecule has 0 unspecified atom stereocenters. The number of rotatable bonds is 5. The second-order valence-electron chi connectivity index (χ2n) is 7.82. The number of hydrogen-bond donors (Lipinski definition) is 0. The van der Waals surface area contributed by atoms with Crippen LogP contribution in [0.15, 0.2) is 34.9 Å². The number of halogens is 1. The maximum Gasteiger partial charge on any atom is 0.409 e.